The second-order valence-corrected chi connectivity index (χ2v) is 6.63. The Labute approximate surface area is 122 Å². The highest BCUT2D eigenvalue weighted by atomic mass is 32.1. The van der Waals surface area contributed by atoms with Crippen LogP contribution >= 0.6 is 11.3 Å². The van der Waals surface area contributed by atoms with E-state index in [4.69, 9.17) is 5.73 Å². The van der Waals surface area contributed by atoms with E-state index in [1.807, 2.05) is 12.1 Å². The van der Waals surface area contributed by atoms with Gasteiger partial charge in [0.05, 0.1) is 5.69 Å². The molecule has 106 valence electrons. The monoisotopic (exact) mass is 289 g/mol. The lowest BCUT2D eigenvalue weighted by Gasteiger charge is -2.14. The van der Waals surface area contributed by atoms with Gasteiger partial charge in [0.25, 0.3) is 5.91 Å². The first kappa shape index (κ1) is 13.4. The minimum Gasteiger partial charge on any atom is -0.397 e. The summed E-state index contributed by atoms with van der Waals surface area (Å²) in [6, 6.07) is 3.75. The van der Waals surface area contributed by atoms with E-state index in [0.717, 1.165) is 16.8 Å². The summed E-state index contributed by atoms with van der Waals surface area (Å²) in [5, 5.41) is 3.92. The highest BCUT2D eigenvalue weighted by Crippen LogP contribution is 2.49. The van der Waals surface area contributed by atoms with Crippen molar-refractivity contribution in [1.29, 1.82) is 0 Å². The van der Waals surface area contributed by atoms with Crippen molar-refractivity contribution in [3.8, 4) is 0 Å². The number of pyridine rings is 1. The van der Waals surface area contributed by atoms with Gasteiger partial charge in [-0.15, -0.1) is 11.3 Å². The summed E-state index contributed by atoms with van der Waals surface area (Å²) in [5.41, 5.74) is 6.97. The molecule has 4 nitrogen and oxygen atoms in total. The lowest BCUT2D eigenvalue weighted by atomic mass is 10.0. The van der Waals surface area contributed by atoms with E-state index in [1.165, 1.54) is 37.0 Å². The maximum atomic E-state index is 12.3. The van der Waals surface area contributed by atoms with Crippen LogP contribution in [0.5, 0.6) is 0 Å². The van der Waals surface area contributed by atoms with E-state index in [0.29, 0.717) is 16.0 Å². The van der Waals surface area contributed by atoms with Gasteiger partial charge in [-0.2, -0.15) is 0 Å². The lowest BCUT2D eigenvalue weighted by Crippen LogP contribution is -2.30. The Balaban J connectivity index is 1.74. The summed E-state index contributed by atoms with van der Waals surface area (Å²) in [5.74, 6) is -0.0621. The highest BCUT2D eigenvalue weighted by molar-refractivity contribution is 7.21. The molecule has 5 heteroatoms. The van der Waals surface area contributed by atoms with Gasteiger partial charge in [0.1, 0.15) is 9.71 Å². The topological polar surface area (TPSA) is 68.0 Å². The average Bonchev–Trinajstić information content (AvgIpc) is 3.14. The van der Waals surface area contributed by atoms with E-state index >= 15 is 0 Å². The van der Waals surface area contributed by atoms with Crippen LogP contribution in [0.2, 0.25) is 0 Å². The standard InChI is InChI=1S/C15H19N3OS/c1-2-5-15(6-7-15)9-18-13(19)12-11(16)10-4-3-8-17-14(10)20-12/h3-4,8H,2,5-7,9,16H2,1H3,(H,18,19). The Morgan fingerprint density at radius 1 is 1.55 bits per heavy atom. The van der Waals surface area contributed by atoms with E-state index in [-0.39, 0.29) is 5.91 Å². The molecule has 1 amide bonds. The summed E-state index contributed by atoms with van der Waals surface area (Å²) in [6.07, 6.45) is 6.54. The molecule has 2 heterocycles. The molecular formula is C15H19N3OS. The third kappa shape index (κ3) is 2.38. The summed E-state index contributed by atoms with van der Waals surface area (Å²) in [6.45, 7) is 2.96. The van der Waals surface area contributed by atoms with Crippen LogP contribution in [0, 0.1) is 5.41 Å². The molecule has 0 aromatic carbocycles. The molecule has 1 fully saturated rings. The molecule has 20 heavy (non-hydrogen) atoms. The van der Waals surface area contributed by atoms with Crippen molar-refractivity contribution < 1.29 is 4.79 Å². The van der Waals surface area contributed by atoms with Gasteiger partial charge in [0.15, 0.2) is 0 Å². The van der Waals surface area contributed by atoms with Gasteiger partial charge >= 0.3 is 0 Å². The zero-order chi connectivity index (χ0) is 14.2. The fraction of sp³-hybridized carbons (Fsp3) is 0.467. The number of thiophene rings is 1. The van der Waals surface area contributed by atoms with Crippen LogP contribution in [0.15, 0.2) is 18.3 Å². The van der Waals surface area contributed by atoms with Crippen LogP contribution < -0.4 is 11.1 Å². The number of carbonyl (C=O) groups excluding carboxylic acids is 1. The van der Waals surface area contributed by atoms with Crippen LogP contribution in [0.4, 0.5) is 5.69 Å². The minimum absolute atomic E-state index is 0.0621. The molecular weight excluding hydrogens is 270 g/mol. The summed E-state index contributed by atoms with van der Waals surface area (Å²) < 4.78 is 0. The van der Waals surface area contributed by atoms with Gasteiger partial charge in [-0.3, -0.25) is 4.79 Å². The first-order valence-electron chi connectivity index (χ1n) is 7.06. The van der Waals surface area contributed by atoms with Gasteiger partial charge in [-0.1, -0.05) is 13.3 Å². The molecule has 0 saturated heterocycles. The zero-order valence-corrected chi connectivity index (χ0v) is 12.4. The molecule has 2 aromatic heterocycles. The van der Waals surface area contributed by atoms with Gasteiger partial charge in [-0.05, 0) is 36.8 Å². The van der Waals surface area contributed by atoms with Crippen LogP contribution in [-0.4, -0.2) is 17.4 Å². The SMILES string of the molecule is CCCC1(CNC(=O)c2sc3ncccc3c2N)CC1. The van der Waals surface area contributed by atoms with Crippen molar-refractivity contribution in [1.82, 2.24) is 10.3 Å². The predicted molar refractivity (Wildman–Crippen MR) is 82.9 cm³/mol. The smallest absolute Gasteiger partial charge is 0.263 e. The third-order valence-corrected chi connectivity index (χ3v) is 5.20. The summed E-state index contributed by atoms with van der Waals surface area (Å²) in [7, 11) is 0. The van der Waals surface area contributed by atoms with Crippen molar-refractivity contribution in [2.75, 3.05) is 12.3 Å². The quantitative estimate of drug-likeness (QED) is 0.888. The van der Waals surface area contributed by atoms with Gasteiger partial charge < -0.3 is 11.1 Å². The molecule has 0 spiro atoms. The van der Waals surface area contributed by atoms with E-state index in [9.17, 15) is 4.79 Å². The molecule has 0 radical (unpaired) electrons. The molecule has 0 unspecified atom stereocenters. The van der Waals surface area contributed by atoms with Crippen molar-refractivity contribution in [2.45, 2.75) is 32.6 Å². The van der Waals surface area contributed by atoms with Crippen LogP contribution in [0.1, 0.15) is 42.3 Å². The van der Waals surface area contributed by atoms with Crippen molar-refractivity contribution >= 4 is 33.1 Å². The second kappa shape index (κ2) is 5.05. The Kier molecular flexibility index (Phi) is 3.38. The highest BCUT2D eigenvalue weighted by Gasteiger charge is 2.41. The molecule has 1 saturated carbocycles. The number of hydrogen-bond acceptors (Lipinski definition) is 4. The second-order valence-electron chi connectivity index (χ2n) is 5.63. The van der Waals surface area contributed by atoms with Gasteiger partial charge in [-0.25, -0.2) is 4.98 Å². The lowest BCUT2D eigenvalue weighted by molar-refractivity contribution is 0.0948. The number of nitrogens with one attached hydrogen (secondary N) is 1. The molecule has 0 aliphatic heterocycles. The summed E-state index contributed by atoms with van der Waals surface area (Å²) in [4.78, 5) is 18.0. The number of rotatable bonds is 5. The summed E-state index contributed by atoms with van der Waals surface area (Å²) >= 11 is 1.37. The van der Waals surface area contributed by atoms with E-state index in [1.54, 1.807) is 6.20 Å². The van der Waals surface area contributed by atoms with Crippen molar-refractivity contribution in [3.05, 3.63) is 23.2 Å². The van der Waals surface area contributed by atoms with Crippen LogP contribution in [-0.2, 0) is 0 Å². The fourth-order valence-electron chi connectivity index (χ4n) is 2.69. The van der Waals surface area contributed by atoms with Crippen molar-refractivity contribution in [3.63, 3.8) is 0 Å². The number of nitrogen functional groups attached to an aromatic ring is 1. The van der Waals surface area contributed by atoms with Gasteiger partial charge in [0.2, 0.25) is 0 Å². The normalized spacial score (nSPS) is 16.2. The molecule has 3 N–H and O–H groups in total. The Bertz CT molecular complexity index is 646. The number of nitrogens with zero attached hydrogens (tertiary/aromatic N) is 1. The maximum absolute atomic E-state index is 12.3. The average molecular weight is 289 g/mol. The Morgan fingerprint density at radius 2 is 2.35 bits per heavy atom. The molecule has 1 aliphatic rings. The first-order valence-corrected chi connectivity index (χ1v) is 7.88. The minimum atomic E-state index is -0.0621. The maximum Gasteiger partial charge on any atom is 0.263 e. The number of aromatic nitrogens is 1. The fourth-order valence-corrected chi connectivity index (χ4v) is 3.67. The van der Waals surface area contributed by atoms with E-state index in [2.05, 4.69) is 17.2 Å². The molecule has 1 aliphatic carbocycles. The Hall–Kier alpha value is -1.62. The largest absolute Gasteiger partial charge is 0.397 e. The van der Waals surface area contributed by atoms with Crippen molar-refractivity contribution in [2.24, 2.45) is 5.41 Å². The molecule has 0 atom stereocenters. The van der Waals surface area contributed by atoms with Gasteiger partial charge in [0, 0.05) is 18.1 Å². The number of nitrogens with two attached hydrogens (primary N) is 1. The number of fused-ring (bicyclic) bond motifs is 1. The molecule has 0 bridgehead atoms. The van der Waals surface area contributed by atoms with E-state index < -0.39 is 0 Å². The molecule has 2 aromatic rings. The zero-order valence-electron chi connectivity index (χ0n) is 11.6. The number of amides is 1. The molecule has 3 rings (SSSR count). The number of carbonyl (C=O) groups is 1. The number of hydrogen-bond donors (Lipinski definition) is 2. The first-order chi connectivity index (χ1) is 9.65. The third-order valence-electron chi connectivity index (χ3n) is 4.07. The van der Waals surface area contributed by atoms with Crippen LogP contribution in [0.25, 0.3) is 10.2 Å². The predicted octanol–water partition coefficient (Wildman–Crippen LogP) is 3.19. The number of anilines is 1. The Morgan fingerprint density at radius 3 is 3.00 bits per heavy atom. The van der Waals surface area contributed by atoms with Crippen LogP contribution in [0.3, 0.4) is 0 Å².